The Labute approximate surface area is 251 Å². The van der Waals surface area contributed by atoms with Crippen LogP contribution in [0.4, 0.5) is 11.4 Å². The number of nitrogens with zero attached hydrogens (tertiary/aromatic N) is 4. The van der Waals surface area contributed by atoms with Gasteiger partial charge in [0.05, 0.1) is 28.3 Å². The van der Waals surface area contributed by atoms with Gasteiger partial charge in [-0.2, -0.15) is 0 Å². The first-order valence-corrected chi connectivity index (χ1v) is 15.2. The van der Waals surface area contributed by atoms with Gasteiger partial charge in [0, 0.05) is 39.6 Å². The van der Waals surface area contributed by atoms with Crippen molar-refractivity contribution >= 4 is 11.4 Å². The van der Waals surface area contributed by atoms with Gasteiger partial charge in [-0.1, -0.05) is 48.5 Å². The van der Waals surface area contributed by atoms with Crippen molar-refractivity contribution in [3.63, 3.8) is 0 Å². The molecule has 0 bridgehead atoms. The van der Waals surface area contributed by atoms with Crippen LogP contribution in [-0.2, 0) is 24.2 Å². The second-order valence-electron chi connectivity index (χ2n) is 13.4. The molecule has 3 heterocycles. The predicted molar refractivity (Wildman–Crippen MR) is 168 cm³/mol. The smallest absolute Gasteiger partial charge is 0.377 e. The van der Waals surface area contributed by atoms with Crippen LogP contribution in [-0.4, -0.2) is 28.2 Å². The SMILES string of the molecule is CN(C)c1cccc2c1C1(N)c3c(ccc4c3C3c5c-4ccc4c5C(N)(c5c(cccc5N(C)C)C4)[n+]4ccc[n+]1c43)C2. The van der Waals surface area contributed by atoms with E-state index in [4.69, 9.17) is 11.5 Å². The molecular formula is C37H34N6+2. The molecule has 4 aromatic carbocycles. The molecule has 2 aliphatic heterocycles. The maximum absolute atomic E-state index is 7.99. The van der Waals surface area contributed by atoms with Gasteiger partial charge in [0.1, 0.15) is 0 Å². The Morgan fingerprint density at radius 2 is 1.02 bits per heavy atom. The summed E-state index contributed by atoms with van der Waals surface area (Å²) in [4.78, 5) is 4.42. The third kappa shape index (κ3) is 2.43. The fraction of sp³-hybridized carbons (Fsp3) is 0.243. The molecule has 0 spiro atoms. The van der Waals surface area contributed by atoms with E-state index in [0.717, 1.165) is 30.0 Å². The fourth-order valence-electron chi connectivity index (χ4n) is 9.59. The van der Waals surface area contributed by atoms with Gasteiger partial charge in [0.25, 0.3) is 11.3 Å². The minimum atomic E-state index is -0.888. The predicted octanol–water partition coefficient (Wildman–Crippen LogP) is 3.41. The monoisotopic (exact) mass is 562 g/mol. The van der Waals surface area contributed by atoms with E-state index in [0.29, 0.717) is 0 Å². The summed E-state index contributed by atoms with van der Waals surface area (Å²) < 4.78 is 4.76. The maximum atomic E-state index is 7.99. The molecule has 1 aromatic heterocycles. The quantitative estimate of drug-likeness (QED) is 0.318. The summed E-state index contributed by atoms with van der Waals surface area (Å²) in [6, 6.07) is 24.8. The maximum Gasteiger partial charge on any atom is 0.434 e. The van der Waals surface area contributed by atoms with Gasteiger partial charge in [-0.25, -0.2) is 0 Å². The van der Waals surface area contributed by atoms with E-state index in [2.05, 4.69) is 126 Å². The molecule has 6 heteroatoms. The number of rotatable bonds is 2. The summed E-state index contributed by atoms with van der Waals surface area (Å²) in [7, 11) is 8.48. The fourth-order valence-corrected chi connectivity index (χ4v) is 9.59. The van der Waals surface area contributed by atoms with Crippen LogP contribution in [0, 0.1) is 0 Å². The minimum absolute atomic E-state index is 0.0746. The number of anilines is 2. The Kier molecular flexibility index (Phi) is 4.09. The summed E-state index contributed by atoms with van der Waals surface area (Å²) in [6.45, 7) is 0. The third-order valence-electron chi connectivity index (χ3n) is 11.0. The zero-order chi connectivity index (χ0) is 29.2. The number of hydrogen-bond acceptors (Lipinski definition) is 4. The van der Waals surface area contributed by atoms with Crippen molar-refractivity contribution < 1.29 is 9.13 Å². The van der Waals surface area contributed by atoms with Gasteiger partial charge in [-0.3, -0.25) is 11.5 Å². The molecular weight excluding hydrogens is 528 g/mol. The molecule has 43 heavy (non-hydrogen) atoms. The first kappa shape index (κ1) is 24.0. The van der Waals surface area contributed by atoms with Crippen molar-refractivity contribution in [1.82, 2.24) is 0 Å². The number of benzene rings is 4. The zero-order valence-corrected chi connectivity index (χ0v) is 24.9. The topological polar surface area (TPSA) is 66.3 Å². The standard InChI is InChI=1S/C37H34N6/c1-40(2)26-10-5-8-20-18-22-12-14-24-25-15-13-23-19-21-9-6-11-27(41(3)4)32(21)37(39)34(23)29(25)30-28(24)33(22)36(38,31(20)26)42-16-7-17-43(37)35(30)42/h5-17,30H,18-19,38-39H2,1-4H3/q+2. The van der Waals surface area contributed by atoms with Crippen molar-refractivity contribution in [2.24, 2.45) is 11.5 Å². The summed E-state index contributed by atoms with van der Waals surface area (Å²) >= 11 is 0. The number of hydrogen-bond donors (Lipinski definition) is 2. The van der Waals surface area contributed by atoms with E-state index in [9.17, 15) is 0 Å². The summed E-state index contributed by atoms with van der Waals surface area (Å²) in [5.74, 6) is 1.23. The highest BCUT2D eigenvalue weighted by Crippen LogP contribution is 2.61. The van der Waals surface area contributed by atoms with Crippen LogP contribution in [0.1, 0.15) is 67.4 Å². The molecule has 0 fully saturated rings. The van der Waals surface area contributed by atoms with Crippen LogP contribution in [0.15, 0.2) is 79.1 Å². The van der Waals surface area contributed by atoms with Gasteiger partial charge in [-0.15, -0.1) is 9.13 Å². The van der Waals surface area contributed by atoms with Crippen LogP contribution in [0.2, 0.25) is 0 Å². The molecule has 0 amide bonds. The summed E-state index contributed by atoms with van der Waals surface area (Å²) in [5, 5.41) is 0. The van der Waals surface area contributed by atoms with Crippen molar-refractivity contribution in [1.29, 1.82) is 0 Å². The number of fused-ring (bicyclic) bond motifs is 7. The van der Waals surface area contributed by atoms with Gasteiger partial charge in [-0.05, 0) is 69.5 Å². The molecule has 0 saturated heterocycles. The van der Waals surface area contributed by atoms with E-state index < -0.39 is 11.3 Å². The lowest BCUT2D eigenvalue weighted by Crippen LogP contribution is -2.79. The van der Waals surface area contributed by atoms with Gasteiger partial charge >= 0.3 is 5.82 Å². The van der Waals surface area contributed by atoms with Crippen molar-refractivity contribution in [3.8, 4) is 11.1 Å². The molecule has 10 rings (SSSR count). The first-order valence-electron chi connectivity index (χ1n) is 15.2. The van der Waals surface area contributed by atoms with Gasteiger partial charge in [0.2, 0.25) is 0 Å². The lowest BCUT2D eigenvalue weighted by molar-refractivity contribution is -0.881. The highest BCUT2D eigenvalue weighted by atomic mass is 15.3. The van der Waals surface area contributed by atoms with E-state index in [1.165, 1.54) is 66.8 Å². The van der Waals surface area contributed by atoms with Gasteiger partial charge in [0.15, 0.2) is 18.3 Å². The molecule has 2 unspecified atom stereocenters. The molecule has 5 aliphatic rings. The van der Waals surface area contributed by atoms with Crippen LogP contribution in [0.25, 0.3) is 11.1 Å². The van der Waals surface area contributed by atoms with E-state index >= 15 is 0 Å². The lowest BCUT2D eigenvalue weighted by atomic mass is 9.67. The van der Waals surface area contributed by atoms with E-state index in [1.807, 2.05) is 0 Å². The van der Waals surface area contributed by atoms with Gasteiger partial charge < -0.3 is 9.80 Å². The highest BCUT2D eigenvalue weighted by molar-refractivity contribution is 5.87. The zero-order valence-electron chi connectivity index (χ0n) is 24.9. The van der Waals surface area contributed by atoms with E-state index in [-0.39, 0.29) is 5.92 Å². The largest absolute Gasteiger partial charge is 0.434 e. The first-order chi connectivity index (χ1) is 20.8. The molecule has 210 valence electrons. The second-order valence-corrected chi connectivity index (χ2v) is 13.4. The number of nitrogens with two attached hydrogens (primary N) is 2. The average Bonchev–Trinajstić information content (AvgIpc) is 3.34. The Morgan fingerprint density at radius 3 is 1.47 bits per heavy atom. The van der Waals surface area contributed by atoms with Crippen molar-refractivity contribution in [3.05, 3.63) is 141 Å². The Balaban J connectivity index is 1.42. The highest BCUT2D eigenvalue weighted by Gasteiger charge is 2.68. The molecule has 3 aliphatic carbocycles. The molecule has 0 radical (unpaired) electrons. The number of aromatic nitrogens is 2. The van der Waals surface area contributed by atoms with E-state index in [1.54, 1.807) is 0 Å². The van der Waals surface area contributed by atoms with Crippen LogP contribution >= 0.6 is 0 Å². The Hall–Kier alpha value is -4.52. The Morgan fingerprint density at radius 1 is 0.581 bits per heavy atom. The summed E-state index contributed by atoms with van der Waals surface area (Å²) in [5.41, 5.74) is 32.0. The lowest BCUT2D eigenvalue weighted by Gasteiger charge is -2.44. The Bertz CT molecular complexity index is 2000. The minimum Gasteiger partial charge on any atom is -0.377 e. The second kappa shape index (κ2) is 7.33. The average molecular weight is 563 g/mol. The van der Waals surface area contributed by atoms with Crippen LogP contribution in [0.5, 0.6) is 0 Å². The molecule has 4 N–H and O–H groups in total. The molecule has 0 saturated carbocycles. The third-order valence-corrected chi connectivity index (χ3v) is 11.0. The van der Waals surface area contributed by atoms with Crippen molar-refractivity contribution in [2.75, 3.05) is 38.0 Å². The molecule has 5 aromatic rings. The van der Waals surface area contributed by atoms with Crippen LogP contribution in [0.3, 0.4) is 0 Å². The molecule has 6 nitrogen and oxygen atoms in total. The molecule has 2 atom stereocenters. The van der Waals surface area contributed by atoms with Crippen molar-refractivity contribution in [2.45, 2.75) is 30.1 Å². The van der Waals surface area contributed by atoms with Crippen LogP contribution < -0.4 is 30.4 Å². The normalized spacial score (nSPS) is 23.3. The summed E-state index contributed by atoms with van der Waals surface area (Å²) in [6.07, 6.45) is 6.15.